The van der Waals surface area contributed by atoms with Crippen LogP contribution < -0.4 is 5.32 Å². The minimum Gasteiger partial charge on any atom is -0.359 e. The second-order valence-corrected chi connectivity index (χ2v) is 7.18. The highest BCUT2D eigenvalue weighted by molar-refractivity contribution is 7.09. The van der Waals surface area contributed by atoms with Crippen LogP contribution in [0.3, 0.4) is 0 Å². The molecule has 1 N–H and O–H groups in total. The average Bonchev–Trinajstić information content (AvgIpc) is 3.31. The lowest BCUT2D eigenvalue weighted by Crippen LogP contribution is -2.52. The molecule has 0 aliphatic carbocycles. The monoisotopic (exact) mass is 361 g/mol. The van der Waals surface area contributed by atoms with Crippen molar-refractivity contribution in [3.8, 4) is 0 Å². The predicted molar refractivity (Wildman–Crippen MR) is 102 cm³/mol. The number of nitrogens with zero attached hydrogens (tertiary/aromatic N) is 4. The third kappa shape index (κ3) is 5.06. The summed E-state index contributed by atoms with van der Waals surface area (Å²) in [4.78, 5) is 11.0. The van der Waals surface area contributed by atoms with Crippen LogP contribution in [-0.4, -0.2) is 53.6 Å². The molecule has 0 spiro atoms. The van der Waals surface area contributed by atoms with Crippen LogP contribution in [0.5, 0.6) is 0 Å². The summed E-state index contributed by atoms with van der Waals surface area (Å²) >= 11 is 1.83. The molecule has 0 radical (unpaired) electrons. The van der Waals surface area contributed by atoms with E-state index in [1.807, 2.05) is 17.4 Å². The lowest BCUT2D eigenvalue weighted by atomic mass is 10.3. The first-order valence-corrected chi connectivity index (χ1v) is 9.89. The molecular formula is C18H27N5OS. The Hall–Kier alpha value is -1.86. The van der Waals surface area contributed by atoms with E-state index in [1.165, 1.54) is 4.88 Å². The van der Waals surface area contributed by atoms with Gasteiger partial charge < -0.3 is 14.7 Å². The Balaban J connectivity index is 1.54. The van der Waals surface area contributed by atoms with Gasteiger partial charge in [-0.3, -0.25) is 4.90 Å². The molecule has 2 aromatic heterocycles. The van der Waals surface area contributed by atoms with Gasteiger partial charge >= 0.3 is 0 Å². The molecule has 0 amide bonds. The van der Waals surface area contributed by atoms with Gasteiger partial charge in [0, 0.05) is 50.2 Å². The molecule has 1 saturated heterocycles. The van der Waals surface area contributed by atoms with E-state index in [2.05, 4.69) is 51.6 Å². The Morgan fingerprint density at radius 1 is 1.32 bits per heavy atom. The summed E-state index contributed by atoms with van der Waals surface area (Å²) in [5.74, 6) is 1.79. The van der Waals surface area contributed by atoms with Gasteiger partial charge in [-0.2, -0.15) is 0 Å². The third-order valence-electron chi connectivity index (χ3n) is 4.32. The van der Waals surface area contributed by atoms with Crippen molar-refractivity contribution < 1.29 is 4.52 Å². The second-order valence-electron chi connectivity index (χ2n) is 6.15. The molecular weight excluding hydrogens is 334 g/mol. The molecule has 3 heterocycles. The summed E-state index contributed by atoms with van der Waals surface area (Å²) in [6.45, 7) is 10.7. The zero-order valence-electron chi connectivity index (χ0n) is 15.1. The number of aryl methyl sites for hydroxylation is 1. The normalized spacial score (nSPS) is 16.4. The van der Waals surface area contributed by atoms with E-state index in [0.29, 0.717) is 6.54 Å². The number of piperazine rings is 1. The molecule has 1 aliphatic rings. The third-order valence-corrected chi connectivity index (χ3v) is 5.18. The van der Waals surface area contributed by atoms with Gasteiger partial charge in [0.25, 0.3) is 0 Å². The molecule has 0 unspecified atom stereocenters. The first-order valence-electron chi connectivity index (χ1n) is 9.01. The van der Waals surface area contributed by atoms with Gasteiger partial charge in [-0.15, -0.1) is 11.3 Å². The summed E-state index contributed by atoms with van der Waals surface area (Å²) in [6, 6.07) is 6.33. The van der Waals surface area contributed by atoms with Crippen molar-refractivity contribution in [1.82, 2.24) is 20.3 Å². The van der Waals surface area contributed by atoms with E-state index in [-0.39, 0.29) is 0 Å². The van der Waals surface area contributed by atoms with Crippen molar-refractivity contribution in [2.45, 2.75) is 33.4 Å². The number of aromatic nitrogens is 1. The van der Waals surface area contributed by atoms with Gasteiger partial charge in [-0.1, -0.05) is 18.1 Å². The second kappa shape index (κ2) is 9.01. The number of thiophene rings is 1. The Morgan fingerprint density at radius 2 is 2.16 bits per heavy atom. The van der Waals surface area contributed by atoms with E-state index in [0.717, 1.165) is 63.1 Å². The van der Waals surface area contributed by atoms with Crippen LogP contribution in [0.2, 0.25) is 0 Å². The Kier molecular flexibility index (Phi) is 6.47. The largest absolute Gasteiger partial charge is 0.359 e. The molecule has 3 rings (SSSR count). The van der Waals surface area contributed by atoms with Crippen LogP contribution in [0.4, 0.5) is 0 Å². The van der Waals surface area contributed by atoms with E-state index < -0.39 is 0 Å². The average molecular weight is 362 g/mol. The number of hydrogen-bond acceptors (Lipinski definition) is 5. The molecule has 2 aromatic rings. The lowest BCUT2D eigenvalue weighted by molar-refractivity contribution is 0.173. The fourth-order valence-corrected chi connectivity index (χ4v) is 3.66. The van der Waals surface area contributed by atoms with E-state index in [1.54, 1.807) is 0 Å². The summed E-state index contributed by atoms with van der Waals surface area (Å²) in [5, 5.41) is 9.58. The van der Waals surface area contributed by atoms with Gasteiger partial charge in [0.1, 0.15) is 6.54 Å². The molecule has 136 valence electrons. The minimum absolute atomic E-state index is 0.532. The molecule has 25 heavy (non-hydrogen) atoms. The fraction of sp³-hybridized carbons (Fsp3) is 0.556. The Morgan fingerprint density at radius 3 is 2.80 bits per heavy atom. The molecule has 7 heteroatoms. The number of aliphatic imine (C=N–C) groups is 1. The van der Waals surface area contributed by atoms with Crippen LogP contribution in [0, 0.1) is 0 Å². The van der Waals surface area contributed by atoms with Crippen LogP contribution in [0.1, 0.15) is 30.2 Å². The minimum atomic E-state index is 0.532. The van der Waals surface area contributed by atoms with Gasteiger partial charge in [0.05, 0.1) is 5.69 Å². The van der Waals surface area contributed by atoms with Gasteiger partial charge in [0.15, 0.2) is 11.7 Å². The lowest BCUT2D eigenvalue weighted by Gasteiger charge is -2.36. The van der Waals surface area contributed by atoms with Crippen LogP contribution in [0.25, 0.3) is 0 Å². The number of guanidine groups is 1. The molecule has 0 aromatic carbocycles. The van der Waals surface area contributed by atoms with Crippen molar-refractivity contribution >= 4 is 17.3 Å². The van der Waals surface area contributed by atoms with Crippen molar-refractivity contribution in [1.29, 1.82) is 0 Å². The first kappa shape index (κ1) is 17.9. The van der Waals surface area contributed by atoms with E-state index in [9.17, 15) is 0 Å². The molecule has 6 nitrogen and oxygen atoms in total. The molecule has 0 saturated carbocycles. The van der Waals surface area contributed by atoms with Crippen molar-refractivity contribution in [3.05, 3.63) is 39.9 Å². The van der Waals surface area contributed by atoms with Crippen LogP contribution in [0.15, 0.2) is 33.1 Å². The maximum atomic E-state index is 5.34. The molecule has 0 atom stereocenters. The highest BCUT2D eigenvalue weighted by Crippen LogP contribution is 2.14. The van der Waals surface area contributed by atoms with Crippen molar-refractivity contribution in [2.24, 2.45) is 4.99 Å². The highest BCUT2D eigenvalue weighted by Gasteiger charge is 2.20. The summed E-state index contributed by atoms with van der Waals surface area (Å²) < 4.78 is 5.34. The first-order chi connectivity index (χ1) is 12.3. The Bertz CT molecular complexity index is 659. The summed E-state index contributed by atoms with van der Waals surface area (Å²) in [7, 11) is 0. The predicted octanol–water partition coefficient (Wildman–Crippen LogP) is 2.58. The summed E-state index contributed by atoms with van der Waals surface area (Å²) in [5.41, 5.74) is 0.984. The zero-order valence-corrected chi connectivity index (χ0v) is 15.9. The van der Waals surface area contributed by atoms with E-state index in [4.69, 9.17) is 9.52 Å². The smallest absolute Gasteiger partial charge is 0.194 e. The zero-order chi connectivity index (χ0) is 17.5. The van der Waals surface area contributed by atoms with Gasteiger partial charge in [0.2, 0.25) is 0 Å². The summed E-state index contributed by atoms with van der Waals surface area (Å²) in [6.07, 6.45) is 0.888. The standard InChI is InChI=1S/C18H27N5OS/c1-3-15-12-16(24-21-15)13-20-18(19-4-2)23-9-7-22(8-10-23)14-17-6-5-11-25-17/h5-6,11-12H,3-4,7-10,13-14H2,1-2H3,(H,19,20). The maximum absolute atomic E-state index is 5.34. The molecule has 1 fully saturated rings. The number of hydrogen-bond donors (Lipinski definition) is 1. The Labute approximate surface area is 153 Å². The number of rotatable bonds is 6. The van der Waals surface area contributed by atoms with Crippen LogP contribution >= 0.6 is 11.3 Å². The molecule has 0 bridgehead atoms. The highest BCUT2D eigenvalue weighted by atomic mass is 32.1. The maximum Gasteiger partial charge on any atom is 0.194 e. The van der Waals surface area contributed by atoms with Gasteiger partial charge in [-0.05, 0) is 24.8 Å². The SMILES string of the molecule is CCNC(=NCc1cc(CC)no1)N1CCN(Cc2cccs2)CC1. The number of nitrogens with one attached hydrogen (secondary N) is 1. The van der Waals surface area contributed by atoms with E-state index >= 15 is 0 Å². The van der Waals surface area contributed by atoms with Crippen molar-refractivity contribution in [2.75, 3.05) is 32.7 Å². The van der Waals surface area contributed by atoms with Crippen LogP contribution in [-0.2, 0) is 19.5 Å². The fourth-order valence-electron chi connectivity index (χ4n) is 2.92. The topological polar surface area (TPSA) is 56.9 Å². The quantitative estimate of drug-likeness (QED) is 0.633. The van der Waals surface area contributed by atoms with Gasteiger partial charge in [-0.25, -0.2) is 4.99 Å². The van der Waals surface area contributed by atoms with Crippen molar-refractivity contribution in [3.63, 3.8) is 0 Å². The molecule has 1 aliphatic heterocycles.